The third-order valence-electron chi connectivity index (χ3n) is 5.96. The minimum absolute atomic E-state index is 0.0912. The summed E-state index contributed by atoms with van der Waals surface area (Å²) in [5.74, 6) is -0.389. The molecule has 1 saturated heterocycles. The fourth-order valence-electron chi connectivity index (χ4n) is 4.32. The average molecular weight is 420 g/mol. The molecule has 4 rings (SSSR count). The molecule has 28 heavy (non-hydrogen) atoms. The van der Waals surface area contributed by atoms with E-state index in [0.29, 0.717) is 13.1 Å². The highest BCUT2D eigenvalue weighted by Crippen LogP contribution is 2.32. The second-order valence-corrected chi connectivity index (χ2v) is 12.0. The van der Waals surface area contributed by atoms with Gasteiger partial charge in [0.05, 0.1) is 21.7 Å². The zero-order valence-corrected chi connectivity index (χ0v) is 17.5. The summed E-state index contributed by atoms with van der Waals surface area (Å²) in [5.41, 5.74) is 3.47. The van der Waals surface area contributed by atoms with E-state index in [-0.39, 0.29) is 16.4 Å². The highest BCUT2D eigenvalue weighted by Gasteiger charge is 2.48. The van der Waals surface area contributed by atoms with Crippen molar-refractivity contribution in [2.24, 2.45) is 0 Å². The maximum absolute atomic E-state index is 13.3. The topological polar surface area (TPSA) is 71.5 Å². The Balaban J connectivity index is 1.66. The maximum atomic E-state index is 13.3. The van der Waals surface area contributed by atoms with Crippen molar-refractivity contribution >= 4 is 19.7 Å². The van der Waals surface area contributed by atoms with Gasteiger partial charge in [-0.05, 0) is 41.7 Å². The lowest BCUT2D eigenvalue weighted by atomic mass is 9.98. The molecule has 0 unspecified atom stereocenters. The lowest BCUT2D eigenvalue weighted by molar-refractivity contribution is 0.195. The molecule has 2 aliphatic rings. The van der Waals surface area contributed by atoms with Crippen molar-refractivity contribution < 1.29 is 16.8 Å². The van der Waals surface area contributed by atoms with Gasteiger partial charge >= 0.3 is 0 Å². The Kier molecular flexibility index (Phi) is 5.10. The van der Waals surface area contributed by atoms with Gasteiger partial charge in [-0.25, -0.2) is 16.8 Å². The second kappa shape index (κ2) is 7.28. The predicted molar refractivity (Wildman–Crippen MR) is 110 cm³/mol. The van der Waals surface area contributed by atoms with E-state index >= 15 is 0 Å². The monoisotopic (exact) mass is 419 g/mol. The Bertz CT molecular complexity index is 1080. The first-order valence-electron chi connectivity index (χ1n) is 9.64. The molecule has 0 aliphatic carbocycles. The number of nitrogens with zero attached hydrogens (tertiary/aromatic N) is 1. The van der Waals surface area contributed by atoms with Crippen LogP contribution in [0, 0.1) is 0 Å². The zero-order chi connectivity index (χ0) is 19.9. The van der Waals surface area contributed by atoms with Crippen molar-refractivity contribution in [1.29, 1.82) is 0 Å². The largest absolute Gasteiger partial charge is 0.293 e. The minimum Gasteiger partial charge on any atom is -0.293 e. The van der Waals surface area contributed by atoms with Gasteiger partial charge in [0, 0.05) is 19.1 Å². The summed E-state index contributed by atoms with van der Waals surface area (Å²) in [6, 6.07) is 14.4. The molecule has 2 aliphatic heterocycles. The van der Waals surface area contributed by atoms with Gasteiger partial charge in [-0.15, -0.1) is 0 Å². The van der Waals surface area contributed by atoms with Crippen LogP contribution in [0.5, 0.6) is 0 Å². The molecule has 5 nitrogen and oxygen atoms in total. The summed E-state index contributed by atoms with van der Waals surface area (Å²) in [6.07, 6.45) is 1.64. The Morgan fingerprint density at radius 3 is 2.36 bits per heavy atom. The summed E-state index contributed by atoms with van der Waals surface area (Å²) in [4.78, 5) is 2.27. The summed E-state index contributed by atoms with van der Waals surface area (Å²) in [5, 5.41) is -0.921. The first-order chi connectivity index (χ1) is 13.3. The normalized spacial score (nSPS) is 24.8. The Labute approximate surface area is 167 Å². The number of rotatable bonds is 4. The standard InChI is InChI=1S/C21H25NO4S2/c1-2-16-7-9-19(10-8-16)28(25,26)21-15-27(23,24)14-20(21)22-12-11-17-5-3-4-6-18(17)13-22/h3-10,20-21H,2,11-15H2,1H3/t20-,21+/m1/s1. The van der Waals surface area contributed by atoms with Crippen LogP contribution in [0.1, 0.15) is 23.6 Å². The van der Waals surface area contributed by atoms with Gasteiger partial charge < -0.3 is 0 Å². The molecule has 7 heteroatoms. The van der Waals surface area contributed by atoms with E-state index in [4.69, 9.17) is 0 Å². The fourth-order valence-corrected chi connectivity index (χ4v) is 9.15. The molecular weight excluding hydrogens is 394 g/mol. The highest BCUT2D eigenvalue weighted by molar-refractivity contribution is 7.96. The summed E-state index contributed by atoms with van der Waals surface area (Å²) < 4.78 is 51.5. The lowest BCUT2D eigenvalue weighted by Gasteiger charge is -2.35. The molecule has 0 spiro atoms. The van der Waals surface area contributed by atoms with Gasteiger partial charge in [-0.3, -0.25) is 4.90 Å². The van der Waals surface area contributed by atoms with E-state index in [1.807, 2.05) is 37.3 Å². The molecule has 1 fully saturated rings. The van der Waals surface area contributed by atoms with E-state index in [9.17, 15) is 16.8 Å². The highest BCUT2D eigenvalue weighted by atomic mass is 32.2. The molecule has 0 bridgehead atoms. The summed E-state index contributed by atoms with van der Waals surface area (Å²) in [6.45, 7) is 3.28. The number of hydrogen-bond acceptors (Lipinski definition) is 5. The molecule has 2 atom stereocenters. The van der Waals surface area contributed by atoms with Crippen LogP contribution in [0.3, 0.4) is 0 Å². The number of benzene rings is 2. The molecule has 2 aromatic carbocycles. The van der Waals surface area contributed by atoms with Crippen LogP contribution >= 0.6 is 0 Å². The van der Waals surface area contributed by atoms with Gasteiger partial charge in [0.15, 0.2) is 19.7 Å². The Morgan fingerprint density at radius 1 is 1.00 bits per heavy atom. The third kappa shape index (κ3) is 3.63. The minimum atomic E-state index is -3.73. The van der Waals surface area contributed by atoms with Gasteiger partial charge in [0.1, 0.15) is 0 Å². The van der Waals surface area contributed by atoms with Gasteiger partial charge in [-0.2, -0.15) is 0 Å². The fraction of sp³-hybridized carbons (Fsp3) is 0.429. The van der Waals surface area contributed by atoms with Crippen LogP contribution in [0.2, 0.25) is 0 Å². The van der Waals surface area contributed by atoms with E-state index in [1.54, 1.807) is 12.1 Å². The molecule has 2 aromatic rings. The van der Waals surface area contributed by atoms with E-state index < -0.39 is 31.0 Å². The number of fused-ring (bicyclic) bond motifs is 1. The molecule has 0 aromatic heterocycles. The van der Waals surface area contributed by atoms with Crippen molar-refractivity contribution in [2.45, 2.75) is 42.5 Å². The van der Waals surface area contributed by atoms with Crippen LogP contribution in [0.4, 0.5) is 0 Å². The average Bonchev–Trinajstić information content (AvgIpc) is 3.04. The number of sulfone groups is 2. The number of hydrogen-bond donors (Lipinski definition) is 0. The van der Waals surface area contributed by atoms with E-state index in [0.717, 1.165) is 24.0 Å². The summed E-state index contributed by atoms with van der Waals surface area (Å²) in [7, 11) is -7.13. The van der Waals surface area contributed by atoms with E-state index in [2.05, 4.69) is 11.0 Å². The molecule has 0 amide bonds. The molecule has 0 saturated carbocycles. The van der Waals surface area contributed by atoms with Crippen LogP contribution in [0.25, 0.3) is 0 Å². The zero-order valence-electron chi connectivity index (χ0n) is 15.9. The second-order valence-electron chi connectivity index (χ2n) is 7.71. The third-order valence-corrected chi connectivity index (χ3v) is 10.1. The van der Waals surface area contributed by atoms with Crippen molar-refractivity contribution in [3.8, 4) is 0 Å². The van der Waals surface area contributed by atoms with Crippen LogP contribution in [0.15, 0.2) is 53.4 Å². The first-order valence-corrected chi connectivity index (χ1v) is 13.0. The molecule has 0 radical (unpaired) electrons. The van der Waals surface area contributed by atoms with Crippen molar-refractivity contribution in [3.05, 3.63) is 65.2 Å². The molecule has 2 heterocycles. The lowest BCUT2D eigenvalue weighted by Crippen LogP contribution is -2.48. The maximum Gasteiger partial charge on any atom is 0.183 e. The quantitative estimate of drug-likeness (QED) is 0.760. The Morgan fingerprint density at radius 2 is 1.68 bits per heavy atom. The first kappa shape index (κ1) is 19.6. The SMILES string of the molecule is CCc1ccc(S(=O)(=O)[C@H]2CS(=O)(=O)C[C@H]2N2CCc3ccccc3C2)cc1. The molecule has 0 N–H and O–H groups in total. The molecular formula is C21H25NO4S2. The van der Waals surface area contributed by atoms with Crippen molar-refractivity contribution in [1.82, 2.24) is 4.90 Å². The van der Waals surface area contributed by atoms with Crippen LogP contribution < -0.4 is 0 Å². The predicted octanol–water partition coefficient (Wildman–Crippen LogP) is 2.25. The Hall–Kier alpha value is -1.70. The van der Waals surface area contributed by atoms with Crippen LogP contribution in [-0.2, 0) is 39.1 Å². The van der Waals surface area contributed by atoms with Gasteiger partial charge in [0.25, 0.3) is 0 Å². The van der Waals surface area contributed by atoms with Crippen LogP contribution in [-0.4, -0.2) is 51.1 Å². The summed E-state index contributed by atoms with van der Waals surface area (Å²) >= 11 is 0. The number of aryl methyl sites for hydroxylation is 1. The van der Waals surface area contributed by atoms with Gasteiger partial charge in [0.2, 0.25) is 0 Å². The van der Waals surface area contributed by atoms with Crippen molar-refractivity contribution in [3.63, 3.8) is 0 Å². The van der Waals surface area contributed by atoms with Crippen molar-refractivity contribution in [2.75, 3.05) is 18.1 Å². The van der Waals surface area contributed by atoms with E-state index in [1.165, 1.54) is 5.56 Å². The van der Waals surface area contributed by atoms with Gasteiger partial charge in [-0.1, -0.05) is 43.3 Å². The molecule has 150 valence electrons. The smallest absolute Gasteiger partial charge is 0.183 e.